The first kappa shape index (κ1) is 13.2. The van der Waals surface area contributed by atoms with Gasteiger partial charge in [0.25, 0.3) is 6.02 Å². The first-order valence-corrected chi connectivity index (χ1v) is 7.55. The summed E-state index contributed by atoms with van der Waals surface area (Å²) in [5.41, 5.74) is 10.5. The molecule has 2 N–H and O–H groups in total. The van der Waals surface area contributed by atoms with E-state index >= 15 is 0 Å². The Morgan fingerprint density at radius 1 is 1.27 bits per heavy atom. The van der Waals surface area contributed by atoms with Crippen LogP contribution in [0.2, 0.25) is 0 Å². The van der Waals surface area contributed by atoms with Gasteiger partial charge in [0.2, 0.25) is 0 Å². The van der Waals surface area contributed by atoms with Gasteiger partial charge in [-0.15, -0.1) is 0 Å². The summed E-state index contributed by atoms with van der Waals surface area (Å²) in [4.78, 5) is 12.9. The lowest BCUT2D eigenvalue weighted by Gasteiger charge is -2.37. The second-order valence-electron chi connectivity index (χ2n) is 6.06. The fraction of sp³-hybridized carbons (Fsp3) is 0.353. The Labute approximate surface area is 129 Å². The van der Waals surface area contributed by atoms with Gasteiger partial charge in [-0.05, 0) is 29.5 Å². The van der Waals surface area contributed by atoms with Crippen molar-refractivity contribution in [2.75, 3.05) is 6.61 Å². The topological polar surface area (TPSA) is 73.4 Å². The highest BCUT2D eigenvalue weighted by atomic mass is 16.5. The maximum Gasteiger partial charge on any atom is 0.282 e. The first-order valence-electron chi connectivity index (χ1n) is 7.55. The number of aliphatic imine (C=N–C) groups is 1. The number of ether oxygens (including phenoxy) is 1. The average molecular weight is 294 g/mol. The first-order chi connectivity index (χ1) is 10.7. The third kappa shape index (κ3) is 1.89. The summed E-state index contributed by atoms with van der Waals surface area (Å²) in [5.74, 6) is 0.280. The van der Waals surface area contributed by atoms with Crippen molar-refractivity contribution >= 4 is 6.02 Å². The van der Waals surface area contributed by atoms with Crippen molar-refractivity contribution in [3.63, 3.8) is 0 Å². The van der Waals surface area contributed by atoms with Gasteiger partial charge in [0.1, 0.15) is 18.5 Å². The van der Waals surface area contributed by atoms with Crippen molar-refractivity contribution < 1.29 is 4.74 Å². The fourth-order valence-electron chi connectivity index (χ4n) is 3.68. The summed E-state index contributed by atoms with van der Waals surface area (Å²) < 4.78 is 5.45. The van der Waals surface area contributed by atoms with E-state index in [1.165, 1.54) is 16.7 Å². The minimum absolute atomic E-state index is 0.205. The van der Waals surface area contributed by atoms with Crippen LogP contribution in [0.5, 0.6) is 0 Å². The molecule has 0 radical (unpaired) electrons. The van der Waals surface area contributed by atoms with Gasteiger partial charge in [0, 0.05) is 23.9 Å². The van der Waals surface area contributed by atoms with Crippen LogP contribution in [0.1, 0.15) is 30.4 Å². The smallest absolute Gasteiger partial charge is 0.282 e. The summed E-state index contributed by atoms with van der Waals surface area (Å²) in [6.45, 7) is 2.80. The van der Waals surface area contributed by atoms with Crippen LogP contribution >= 0.6 is 0 Å². The largest absolute Gasteiger partial charge is 0.463 e. The second-order valence-corrected chi connectivity index (χ2v) is 6.06. The number of hydrogen-bond acceptors (Lipinski definition) is 5. The van der Waals surface area contributed by atoms with E-state index in [0.29, 0.717) is 12.6 Å². The molecule has 5 nitrogen and oxygen atoms in total. The predicted octanol–water partition coefficient (Wildman–Crippen LogP) is 2.28. The Morgan fingerprint density at radius 3 is 2.82 bits per heavy atom. The van der Waals surface area contributed by atoms with Gasteiger partial charge in [0.05, 0.1) is 0 Å². The zero-order chi connectivity index (χ0) is 15.2. The van der Waals surface area contributed by atoms with Gasteiger partial charge in [-0.25, -0.2) is 15.0 Å². The highest BCUT2D eigenvalue weighted by Gasteiger charge is 2.45. The van der Waals surface area contributed by atoms with E-state index in [9.17, 15) is 0 Å². The Morgan fingerprint density at radius 2 is 2.09 bits per heavy atom. The van der Waals surface area contributed by atoms with E-state index in [4.69, 9.17) is 10.5 Å². The number of amidine groups is 1. The van der Waals surface area contributed by atoms with Gasteiger partial charge in [0.15, 0.2) is 0 Å². The van der Waals surface area contributed by atoms with Crippen LogP contribution in [0.25, 0.3) is 11.1 Å². The summed E-state index contributed by atoms with van der Waals surface area (Å²) in [7, 11) is 0. The highest BCUT2D eigenvalue weighted by Crippen LogP contribution is 2.45. The van der Waals surface area contributed by atoms with Crippen molar-refractivity contribution in [1.82, 2.24) is 9.97 Å². The summed E-state index contributed by atoms with van der Waals surface area (Å²) in [5, 5.41) is 0. The van der Waals surface area contributed by atoms with Gasteiger partial charge in [-0.2, -0.15) is 0 Å². The van der Waals surface area contributed by atoms with Gasteiger partial charge >= 0.3 is 0 Å². The Hall–Kier alpha value is -2.43. The molecule has 2 atom stereocenters. The Kier molecular flexibility index (Phi) is 2.89. The number of rotatable bonds is 1. The highest BCUT2D eigenvalue weighted by molar-refractivity contribution is 5.75. The molecule has 0 fully saturated rings. The fourth-order valence-corrected chi connectivity index (χ4v) is 3.68. The van der Waals surface area contributed by atoms with E-state index in [2.05, 4.69) is 40.1 Å². The van der Waals surface area contributed by atoms with Crippen LogP contribution in [0.15, 0.2) is 41.9 Å². The molecule has 2 aliphatic rings. The lowest BCUT2D eigenvalue weighted by molar-refractivity contribution is 0.211. The van der Waals surface area contributed by atoms with Gasteiger partial charge < -0.3 is 10.5 Å². The minimum Gasteiger partial charge on any atom is -0.463 e. The van der Waals surface area contributed by atoms with Crippen molar-refractivity contribution in [1.29, 1.82) is 0 Å². The van der Waals surface area contributed by atoms with E-state index in [1.54, 1.807) is 6.33 Å². The van der Waals surface area contributed by atoms with Crippen LogP contribution in [0.4, 0.5) is 0 Å². The second kappa shape index (κ2) is 4.80. The molecule has 0 saturated carbocycles. The Balaban J connectivity index is 1.81. The van der Waals surface area contributed by atoms with Gasteiger partial charge in [-0.1, -0.05) is 25.1 Å². The van der Waals surface area contributed by atoms with Crippen LogP contribution in [-0.2, 0) is 11.2 Å². The standard InChI is InChI=1S/C17H18N4O/c1-11-13-3-2-4-14(12-7-19-10-20-8-12)15(13)5-6-17(11)9-22-16(18)21-17/h2-4,7-8,10-11H,5-6,9H2,1H3,(H2,18,21). The molecular formula is C17H18N4O. The molecule has 2 unspecified atom stereocenters. The molecule has 1 aromatic carbocycles. The number of hydrogen-bond donors (Lipinski definition) is 1. The molecule has 112 valence electrons. The van der Waals surface area contributed by atoms with E-state index in [0.717, 1.165) is 18.4 Å². The predicted molar refractivity (Wildman–Crippen MR) is 84.5 cm³/mol. The minimum atomic E-state index is -0.205. The molecule has 1 aromatic heterocycles. The number of fused-ring (bicyclic) bond motifs is 1. The maximum absolute atomic E-state index is 5.75. The zero-order valence-corrected chi connectivity index (χ0v) is 12.5. The summed E-state index contributed by atoms with van der Waals surface area (Å²) >= 11 is 0. The Bertz CT molecular complexity index is 744. The molecule has 0 saturated heterocycles. The molecule has 0 amide bonds. The van der Waals surface area contributed by atoms with E-state index in [1.807, 2.05) is 12.4 Å². The van der Waals surface area contributed by atoms with Crippen molar-refractivity contribution in [3.8, 4) is 11.1 Å². The van der Waals surface area contributed by atoms with Crippen LogP contribution in [0, 0.1) is 0 Å². The van der Waals surface area contributed by atoms with Crippen molar-refractivity contribution in [3.05, 3.63) is 48.0 Å². The number of nitrogens with zero attached hydrogens (tertiary/aromatic N) is 3. The lowest BCUT2D eigenvalue weighted by atomic mass is 9.70. The third-order valence-corrected chi connectivity index (χ3v) is 4.97. The van der Waals surface area contributed by atoms with Crippen LogP contribution < -0.4 is 5.73 Å². The quantitative estimate of drug-likeness (QED) is 0.875. The molecule has 1 spiro atoms. The molecule has 4 rings (SSSR count). The normalized spacial score (nSPS) is 26.4. The third-order valence-electron chi connectivity index (χ3n) is 4.97. The number of nitrogens with two attached hydrogens (primary N) is 1. The molecular weight excluding hydrogens is 276 g/mol. The van der Waals surface area contributed by atoms with Crippen molar-refractivity contribution in [2.45, 2.75) is 31.2 Å². The molecule has 1 aliphatic heterocycles. The van der Waals surface area contributed by atoms with E-state index in [-0.39, 0.29) is 11.5 Å². The lowest BCUT2D eigenvalue weighted by Crippen LogP contribution is -2.39. The van der Waals surface area contributed by atoms with Crippen LogP contribution in [0.3, 0.4) is 0 Å². The average Bonchev–Trinajstić information content (AvgIpc) is 2.94. The van der Waals surface area contributed by atoms with Crippen molar-refractivity contribution in [2.24, 2.45) is 10.7 Å². The summed E-state index contributed by atoms with van der Waals surface area (Å²) in [6.07, 6.45) is 7.21. The monoisotopic (exact) mass is 294 g/mol. The summed E-state index contributed by atoms with van der Waals surface area (Å²) in [6, 6.07) is 6.76. The SMILES string of the molecule is CC1c2cccc(-c3cncnc3)c2CCC12COC(N)=N2. The molecule has 5 heteroatoms. The zero-order valence-electron chi connectivity index (χ0n) is 12.5. The number of aromatic nitrogens is 2. The molecule has 0 bridgehead atoms. The molecule has 22 heavy (non-hydrogen) atoms. The van der Waals surface area contributed by atoms with Crippen LogP contribution in [-0.4, -0.2) is 28.1 Å². The molecule has 2 heterocycles. The molecule has 1 aliphatic carbocycles. The number of benzene rings is 1. The molecule has 2 aromatic rings. The maximum atomic E-state index is 5.75. The van der Waals surface area contributed by atoms with E-state index < -0.39 is 0 Å². The van der Waals surface area contributed by atoms with Gasteiger partial charge in [-0.3, -0.25) is 0 Å².